The number of β-amino-alcohol motifs (C(OH)–C–C–N with tert-alkyl or cyclic N) is 4. The number of nitrogens with one attached hydrogen (secondary N) is 2. The highest BCUT2D eigenvalue weighted by Crippen LogP contribution is 2.45. The summed E-state index contributed by atoms with van der Waals surface area (Å²) < 4.78 is 41.0. The van der Waals surface area contributed by atoms with E-state index in [-0.39, 0.29) is 47.2 Å². The van der Waals surface area contributed by atoms with Gasteiger partial charge < -0.3 is 40.5 Å². The Morgan fingerprint density at radius 2 is 1.03 bits per heavy atom. The number of aryl methyl sites for hydroxylation is 2. The molecule has 6 aliphatic rings. The van der Waals surface area contributed by atoms with E-state index in [2.05, 4.69) is 10.6 Å². The fourth-order valence-electron chi connectivity index (χ4n) is 10.6. The second-order valence-electron chi connectivity index (χ2n) is 18.2. The summed E-state index contributed by atoms with van der Waals surface area (Å²) in [5.74, 6) is 0.391. The molecule has 8 atom stereocenters. The van der Waals surface area contributed by atoms with Crippen molar-refractivity contribution >= 4 is 23.2 Å². The number of benzene rings is 4. The maximum atomic E-state index is 14.5. The quantitative estimate of drug-likeness (QED) is 0.124. The van der Waals surface area contributed by atoms with Gasteiger partial charge in [0.25, 0.3) is 0 Å². The lowest BCUT2D eigenvalue weighted by atomic mass is 9.95. The van der Waals surface area contributed by atoms with Gasteiger partial charge in [-0.1, -0.05) is 48.5 Å². The molecule has 0 aromatic heterocycles. The molecule has 0 bridgehead atoms. The molecular formula is C48H54F2N4O8. The van der Waals surface area contributed by atoms with Gasteiger partial charge in [-0.15, -0.1) is 0 Å². The molecule has 10 rings (SSSR count). The van der Waals surface area contributed by atoms with Crippen LogP contribution in [0.1, 0.15) is 73.0 Å². The summed E-state index contributed by atoms with van der Waals surface area (Å²) in [5, 5.41) is 49.0. The summed E-state index contributed by atoms with van der Waals surface area (Å²) in [6.45, 7) is 2.93. The van der Waals surface area contributed by atoms with E-state index in [0.717, 1.165) is 24.3 Å². The molecule has 0 spiro atoms. The summed E-state index contributed by atoms with van der Waals surface area (Å²) in [4.78, 5) is 27.1. The van der Waals surface area contributed by atoms with Gasteiger partial charge in [0.2, 0.25) is 11.8 Å². The molecule has 2 saturated heterocycles. The normalized spacial score (nSPS) is 28.7. The van der Waals surface area contributed by atoms with Gasteiger partial charge in [-0.25, -0.2) is 8.78 Å². The smallest absolute Gasteiger partial charge is 0.224 e. The Hall–Kier alpha value is -4.96. The summed E-state index contributed by atoms with van der Waals surface area (Å²) >= 11 is 0. The highest BCUT2D eigenvalue weighted by molar-refractivity contribution is 5.94. The zero-order chi connectivity index (χ0) is 43.2. The van der Waals surface area contributed by atoms with E-state index < -0.39 is 35.0 Å². The first kappa shape index (κ1) is 42.3. The van der Waals surface area contributed by atoms with Crippen molar-refractivity contribution in [3.8, 4) is 11.5 Å². The largest absolute Gasteiger partial charge is 0.490 e. The third-order valence-corrected chi connectivity index (χ3v) is 13.6. The van der Waals surface area contributed by atoms with Crippen molar-refractivity contribution in [1.82, 2.24) is 9.80 Å². The van der Waals surface area contributed by atoms with Crippen molar-refractivity contribution in [2.75, 3.05) is 49.9 Å². The minimum absolute atomic E-state index is 0.0191. The topological polar surface area (TPSA) is 164 Å². The lowest BCUT2D eigenvalue weighted by Crippen LogP contribution is -2.36. The number of fused-ring (bicyclic) bond motifs is 4. The van der Waals surface area contributed by atoms with Crippen LogP contribution in [0, 0.1) is 23.5 Å². The molecule has 4 heterocycles. The first-order valence-electron chi connectivity index (χ1n) is 21.7. The predicted molar refractivity (Wildman–Crippen MR) is 227 cm³/mol. The Labute approximate surface area is 359 Å². The number of anilines is 2. The van der Waals surface area contributed by atoms with Gasteiger partial charge >= 0.3 is 0 Å². The van der Waals surface area contributed by atoms with Crippen LogP contribution in [0.2, 0.25) is 0 Å². The van der Waals surface area contributed by atoms with Gasteiger partial charge in [-0.3, -0.25) is 19.4 Å². The number of para-hydroxylation sites is 2. The highest BCUT2D eigenvalue weighted by atomic mass is 19.1. The standard InChI is InChI=1S/2C24H27FN2O4/c2*25-20-9-16(8-15-6-7-22(29)26-23(15)20)21(28)13-27-12-17-10-19(11-24(17,30)14-27)31-18-4-2-1-3-5-18/h2*1-5,8-9,17,19,21,28,30H,6-7,10-14H2,(H,26,29)/t2*17-,19+,21?,24-/m11/s1. The molecule has 62 heavy (non-hydrogen) atoms. The number of nitrogens with zero attached hydrogens (tertiary/aromatic N) is 2. The molecular weight excluding hydrogens is 799 g/mol. The third kappa shape index (κ3) is 9.08. The Bertz CT molecular complexity index is 2130. The summed E-state index contributed by atoms with van der Waals surface area (Å²) in [7, 11) is 0. The molecule has 4 aliphatic heterocycles. The molecule has 328 valence electrons. The number of carbonyl (C=O) groups excluding carboxylic acids is 2. The van der Waals surface area contributed by atoms with Gasteiger partial charge in [0, 0.05) is 76.8 Å². The number of aliphatic hydroxyl groups is 4. The number of amides is 2. The molecule has 2 unspecified atom stereocenters. The Kier molecular flexibility index (Phi) is 11.8. The van der Waals surface area contributed by atoms with E-state index in [1.165, 1.54) is 12.1 Å². The van der Waals surface area contributed by atoms with Gasteiger partial charge in [0.1, 0.15) is 35.3 Å². The Balaban J connectivity index is 0.000000158. The second-order valence-corrected chi connectivity index (χ2v) is 18.2. The van der Waals surface area contributed by atoms with Crippen LogP contribution in [-0.4, -0.2) is 105 Å². The number of ether oxygens (including phenoxy) is 2. The number of carbonyl (C=O) groups is 2. The van der Waals surface area contributed by atoms with Crippen LogP contribution >= 0.6 is 0 Å². The van der Waals surface area contributed by atoms with E-state index in [9.17, 15) is 38.8 Å². The van der Waals surface area contributed by atoms with Crippen LogP contribution in [0.4, 0.5) is 20.2 Å². The number of hydrogen-bond acceptors (Lipinski definition) is 10. The van der Waals surface area contributed by atoms with E-state index in [1.807, 2.05) is 70.5 Å². The minimum Gasteiger partial charge on any atom is -0.490 e. The number of halogens is 2. The molecule has 0 radical (unpaired) electrons. The minimum atomic E-state index is -0.865. The number of aliphatic hydroxyl groups excluding tert-OH is 2. The summed E-state index contributed by atoms with van der Waals surface area (Å²) in [5.41, 5.74) is 1.22. The van der Waals surface area contributed by atoms with Crippen molar-refractivity contribution in [3.05, 3.63) is 119 Å². The molecule has 2 aliphatic carbocycles. The Morgan fingerprint density at radius 3 is 1.42 bits per heavy atom. The van der Waals surface area contributed by atoms with Gasteiger partial charge in [-0.05, 0) is 84.3 Å². The SMILES string of the molecule is O=C1CCc2cc(C(O)CN3C[C@H]4C[C@H](Oc5ccccc5)C[C@@]4(O)C3)cc(F)c2N1.O=C1CCc2cc(C(O)CN3C[C@H]4C[C@H](Oc5ccccc5)C[C@@]4(O)C3)cc(F)c2N1. The van der Waals surface area contributed by atoms with Crippen LogP contribution in [0.3, 0.4) is 0 Å². The molecule has 14 heteroatoms. The average Bonchev–Trinajstić information content (AvgIpc) is 3.91. The first-order valence-corrected chi connectivity index (χ1v) is 21.7. The molecule has 4 fully saturated rings. The highest BCUT2D eigenvalue weighted by Gasteiger charge is 2.54. The maximum absolute atomic E-state index is 14.5. The van der Waals surface area contributed by atoms with Crippen molar-refractivity contribution in [2.24, 2.45) is 11.8 Å². The van der Waals surface area contributed by atoms with E-state index in [0.29, 0.717) is 100 Å². The van der Waals surface area contributed by atoms with E-state index in [1.54, 1.807) is 12.1 Å². The van der Waals surface area contributed by atoms with Crippen molar-refractivity contribution in [2.45, 2.75) is 87.0 Å². The Morgan fingerprint density at radius 1 is 0.629 bits per heavy atom. The van der Waals surface area contributed by atoms with Crippen LogP contribution < -0.4 is 20.1 Å². The van der Waals surface area contributed by atoms with Gasteiger partial charge in [0.05, 0.1) is 34.8 Å². The van der Waals surface area contributed by atoms with Crippen LogP contribution in [0.15, 0.2) is 84.9 Å². The molecule has 2 amide bonds. The first-order chi connectivity index (χ1) is 29.8. The maximum Gasteiger partial charge on any atom is 0.224 e. The van der Waals surface area contributed by atoms with Crippen molar-refractivity contribution in [3.63, 3.8) is 0 Å². The number of likely N-dealkylation sites (tertiary alicyclic amines) is 2. The molecule has 12 nitrogen and oxygen atoms in total. The van der Waals surface area contributed by atoms with E-state index in [4.69, 9.17) is 9.47 Å². The molecule has 4 aromatic rings. The summed E-state index contributed by atoms with van der Waals surface area (Å²) in [6.07, 6.45) is 2.46. The molecule has 2 saturated carbocycles. The van der Waals surface area contributed by atoms with E-state index >= 15 is 0 Å². The lowest BCUT2D eigenvalue weighted by molar-refractivity contribution is -0.117. The number of rotatable bonds is 10. The molecule has 4 aromatic carbocycles. The van der Waals surface area contributed by atoms with Gasteiger partial charge in [0.15, 0.2) is 0 Å². The fourth-order valence-corrected chi connectivity index (χ4v) is 10.6. The van der Waals surface area contributed by atoms with Crippen LogP contribution in [0.25, 0.3) is 0 Å². The van der Waals surface area contributed by atoms with Crippen molar-refractivity contribution in [1.29, 1.82) is 0 Å². The van der Waals surface area contributed by atoms with Gasteiger partial charge in [-0.2, -0.15) is 0 Å². The monoisotopic (exact) mass is 852 g/mol. The lowest BCUT2D eigenvalue weighted by Gasteiger charge is -2.26. The number of hydrogen-bond donors (Lipinski definition) is 6. The molecule has 6 N–H and O–H groups in total. The zero-order valence-corrected chi connectivity index (χ0v) is 34.5. The van der Waals surface area contributed by atoms with Crippen molar-refractivity contribution < 1.29 is 48.3 Å². The van der Waals surface area contributed by atoms with Crippen LogP contribution in [0.5, 0.6) is 11.5 Å². The fraction of sp³-hybridized carbons (Fsp3) is 0.458. The zero-order valence-electron chi connectivity index (χ0n) is 34.5. The average molecular weight is 853 g/mol. The van der Waals surface area contributed by atoms with Crippen LogP contribution in [-0.2, 0) is 22.4 Å². The third-order valence-electron chi connectivity index (χ3n) is 13.6. The predicted octanol–water partition coefficient (Wildman–Crippen LogP) is 5.30. The second kappa shape index (κ2) is 17.3. The summed E-state index contributed by atoms with van der Waals surface area (Å²) in [6, 6.07) is 25.4.